The lowest BCUT2D eigenvalue weighted by molar-refractivity contribution is -0.117. The van der Waals surface area contributed by atoms with Crippen LogP contribution in [-0.2, 0) is 20.8 Å². The summed E-state index contributed by atoms with van der Waals surface area (Å²) in [5.41, 5.74) is 1.32. The number of nitrogens with one attached hydrogen (secondary N) is 1. The Labute approximate surface area is 172 Å². The highest BCUT2D eigenvalue weighted by Crippen LogP contribution is 2.25. The van der Waals surface area contributed by atoms with Crippen molar-refractivity contribution in [2.75, 3.05) is 38.2 Å². The predicted octanol–water partition coefficient (Wildman–Crippen LogP) is 2.85. The maximum atomic E-state index is 12.3. The smallest absolute Gasteiger partial charge is 0.227 e. The number of aromatic nitrogens is 2. The van der Waals surface area contributed by atoms with E-state index < -0.39 is 0 Å². The van der Waals surface area contributed by atoms with Gasteiger partial charge in [-0.05, 0) is 24.8 Å². The van der Waals surface area contributed by atoms with Crippen molar-refractivity contribution in [1.82, 2.24) is 14.7 Å². The minimum Gasteiger partial charge on any atom is -0.378 e. The first-order chi connectivity index (χ1) is 14.3. The molecule has 0 unspecified atom stereocenters. The maximum Gasteiger partial charge on any atom is 0.227 e. The zero-order chi connectivity index (χ0) is 19.9. The monoisotopic (exact) mass is 398 g/mol. The number of amides is 1. The van der Waals surface area contributed by atoms with E-state index in [1.54, 1.807) is 6.20 Å². The van der Waals surface area contributed by atoms with Gasteiger partial charge in [-0.3, -0.25) is 9.69 Å². The third-order valence-corrected chi connectivity index (χ3v) is 5.58. The van der Waals surface area contributed by atoms with E-state index in [2.05, 4.69) is 39.6 Å². The minimum atomic E-state index is -0.0433. The first kappa shape index (κ1) is 20.1. The van der Waals surface area contributed by atoms with Crippen LogP contribution in [0.15, 0.2) is 42.6 Å². The summed E-state index contributed by atoms with van der Waals surface area (Å²) in [6.45, 7) is 4.72. The molecule has 0 spiro atoms. The van der Waals surface area contributed by atoms with E-state index in [9.17, 15) is 4.79 Å². The minimum absolute atomic E-state index is 0.0433. The Hall–Kier alpha value is -2.22. The molecule has 2 aliphatic heterocycles. The summed E-state index contributed by atoms with van der Waals surface area (Å²) in [6, 6.07) is 12.7. The molecule has 0 saturated carbocycles. The normalized spacial score (nSPS) is 22.2. The van der Waals surface area contributed by atoms with Crippen LogP contribution >= 0.6 is 0 Å². The second-order valence-electron chi connectivity index (χ2n) is 7.83. The Morgan fingerprint density at radius 3 is 2.97 bits per heavy atom. The number of benzene rings is 1. The highest BCUT2D eigenvalue weighted by molar-refractivity contribution is 5.89. The molecule has 4 rings (SSSR count). The third-order valence-electron chi connectivity index (χ3n) is 5.58. The van der Waals surface area contributed by atoms with Crippen LogP contribution in [-0.4, -0.2) is 59.6 Å². The molecular formula is C22H30N4O3. The van der Waals surface area contributed by atoms with Gasteiger partial charge in [0.05, 0.1) is 38.0 Å². The number of carbonyl (C=O) groups is 1. The van der Waals surface area contributed by atoms with Crippen molar-refractivity contribution >= 4 is 11.7 Å². The molecule has 7 nitrogen and oxygen atoms in total. The Kier molecular flexibility index (Phi) is 6.92. The first-order valence-electron chi connectivity index (χ1n) is 10.6. The van der Waals surface area contributed by atoms with Gasteiger partial charge in [0.1, 0.15) is 5.82 Å². The molecule has 0 bridgehead atoms. The summed E-state index contributed by atoms with van der Waals surface area (Å²) < 4.78 is 13.1. The third kappa shape index (κ3) is 5.65. The van der Waals surface area contributed by atoms with Crippen LogP contribution in [0.5, 0.6) is 0 Å². The molecular weight excluding hydrogens is 368 g/mol. The number of rotatable bonds is 9. The first-order valence-corrected chi connectivity index (χ1v) is 10.6. The fourth-order valence-electron chi connectivity index (χ4n) is 4.06. The fourth-order valence-corrected chi connectivity index (χ4v) is 4.06. The van der Waals surface area contributed by atoms with Gasteiger partial charge in [-0.1, -0.05) is 30.3 Å². The van der Waals surface area contributed by atoms with Gasteiger partial charge in [-0.15, -0.1) is 0 Å². The molecule has 0 radical (unpaired) electrons. The van der Waals surface area contributed by atoms with E-state index in [0.717, 1.165) is 51.3 Å². The van der Waals surface area contributed by atoms with Crippen molar-refractivity contribution in [2.45, 2.75) is 44.4 Å². The molecule has 29 heavy (non-hydrogen) atoms. The number of carbonyl (C=O) groups excluding carboxylic acids is 1. The average molecular weight is 399 g/mol. The molecule has 0 aliphatic carbocycles. The summed E-state index contributed by atoms with van der Waals surface area (Å²) in [5.74, 6) is 0.721. The van der Waals surface area contributed by atoms with Gasteiger partial charge in [-0.2, -0.15) is 5.10 Å². The lowest BCUT2D eigenvalue weighted by atomic mass is 10.2. The topological polar surface area (TPSA) is 68.6 Å². The number of anilines is 1. The van der Waals surface area contributed by atoms with E-state index in [4.69, 9.17) is 9.47 Å². The number of hydrogen-bond donors (Lipinski definition) is 1. The number of ether oxygens (including phenoxy) is 2. The summed E-state index contributed by atoms with van der Waals surface area (Å²) in [5, 5.41) is 7.46. The summed E-state index contributed by atoms with van der Waals surface area (Å²) in [6.07, 6.45) is 5.46. The second-order valence-corrected chi connectivity index (χ2v) is 7.83. The summed E-state index contributed by atoms with van der Waals surface area (Å²) in [7, 11) is 0. The van der Waals surface area contributed by atoms with Crippen molar-refractivity contribution in [3.63, 3.8) is 0 Å². The molecule has 156 valence electrons. The standard InChI is InChI=1S/C22H30N4O3/c27-22(10-14-28-17-20-7-4-13-29-20)24-21-8-11-23-26(21)19-9-12-25(16-19)15-18-5-2-1-3-6-18/h1-3,5-6,8,11,19-20H,4,7,9-10,12-17H2,(H,24,27)/t19-,20+/m1/s1. The van der Waals surface area contributed by atoms with E-state index >= 15 is 0 Å². The molecule has 3 heterocycles. The van der Waals surface area contributed by atoms with Crippen LogP contribution in [0, 0.1) is 0 Å². The van der Waals surface area contributed by atoms with Crippen LogP contribution in [0.1, 0.15) is 37.3 Å². The SMILES string of the molecule is O=C(CCOC[C@@H]1CCCO1)Nc1ccnn1[C@@H]1CCN(Cc2ccccc2)C1. The van der Waals surface area contributed by atoms with Gasteiger partial charge in [-0.25, -0.2) is 4.68 Å². The second kappa shape index (κ2) is 10.0. The molecule has 2 aromatic rings. The molecule has 1 N–H and O–H groups in total. The zero-order valence-electron chi connectivity index (χ0n) is 16.8. The van der Waals surface area contributed by atoms with Crippen LogP contribution < -0.4 is 5.32 Å². The van der Waals surface area contributed by atoms with Gasteiger partial charge in [0.15, 0.2) is 0 Å². The van der Waals surface area contributed by atoms with Crippen LogP contribution in [0.2, 0.25) is 0 Å². The van der Waals surface area contributed by atoms with Gasteiger partial charge in [0.2, 0.25) is 5.91 Å². The molecule has 1 aromatic carbocycles. The van der Waals surface area contributed by atoms with E-state index in [1.165, 1.54) is 5.56 Å². The van der Waals surface area contributed by atoms with Crippen molar-refractivity contribution in [3.05, 3.63) is 48.2 Å². The van der Waals surface area contributed by atoms with Gasteiger partial charge < -0.3 is 14.8 Å². The predicted molar refractivity (Wildman–Crippen MR) is 111 cm³/mol. The molecule has 7 heteroatoms. The van der Waals surface area contributed by atoms with E-state index in [-0.39, 0.29) is 18.1 Å². The van der Waals surface area contributed by atoms with Gasteiger partial charge in [0, 0.05) is 32.3 Å². The van der Waals surface area contributed by atoms with Crippen molar-refractivity contribution < 1.29 is 14.3 Å². The molecule has 1 aromatic heterocycles. The Morgan fingerprint density at radius 1 is 1.24 bits per heavy atom. The Morgan fingerprint density at radius 2 is 2.14 bits per heavy atom. The molecule has 2 fully saturated rings. The Balaban J connectivity index is 1.22. The van der Waals surface area contributed by atoms with Crippen LogP contribution in [0.25, 0.3) is 0 Å². The summed E-state index contributed by atoms with van der Waals surface area (Å²) >= 11 is 0. The molecule has 1 amide bonds. The lowest BCUT2D eigenvalue weighted by Crippen LogP contribution is -2.23. The van der Waals surface area contributed by atoms with Crippen LogP contribution in [0.3, 0.4) is 0 Å². The van der Waals surface area contributed by atoms with Gasteiger partial charge in [0.25, 0.3) is 0 Å². The average Bonchev–Trinajstić information content (AvgIpc) is 3.48. The van der Waals surface area contributed by atoms with Crippen molar-refractivity contribution in [3.8, 4) is 0 Å². The molecule has 2 atom stereocenters. The Bertz CT molecular complexity index is 773. The largest absolute Gasteiger partial charge is 0.378 e. The maximum absolute atomic E-state index is 12.3. The summed E-state index contributed by atoms with van der Waals surface area (Å²) in [4.78, 5) is 14.7. The number of nitrogens with zero attached hydrogens (tertiary/aromatic N) is 3. The van der Waals surface area contributed by atoms with Crippen molar-refractivity contribution in [2.24, 2.45) is 0 Å². The number of likely N-dealkylation sites (tertiary alicyclic amines) is 1. The van der Waals surface area contributed by atoms with Gasteiger partial charge >= 0.3 is 0 Å². The fraction of sp³-hybridized carbons (Fsp3) is 0.545. The van der Waals surface area contributed by atoms with Crippen molar-refractivity contribution in [1.29, 1.82) is 0 Å². The number of hydrogen-bond acceptors (Lipinski definition) is 5. The molecule has 2 aliphatic rings. The van der Waals surface area contributed by atoms with E-state index in [0.29, 0.717) is 19.6 Å². The van der Waals surface area contributed by atoms with Crippen LogP contribution in [0.4, 0.5) is 5.82 Å². The highest BCUT2D eigenvalue weighted by atomic mass is 16.5. The zero-order valence-corrected chi connectivity index (χ0v) is 16.8. The van der Waals surface area contributed by atoms with E-state index in [1.807, 2.05) is 16.8 Å². The molecule has 2 saturated heterocycles. The quantitative estimate of drug-likeness (QED) is 0.658. The highest BCUT2D eigenvalue weighted by Gasteiger charge is 2.26. The lowest BCUT2D eigenvalue weighted by Gasteiger charge is -2.18.